The maximum absolute atomic E-state index is 13.8. The van der Waals surface area contributed by atoms with Crippen LogP contribution in [0.3, 0.4) is 0 Å². The third-order valence-corrected chi connectivity index (χ3v) is 5.72. The van der Waals surface area contributed by atoms with Crippen molar-refractivity contribution in [3.05, 3.63) is 40.5 Å². The molecule has 0 bridgehead atoms. The minimum absolute atomic E-state index is 0.270. The molecule has 0 amide bonds. The lowest BCUT2D eigenvalue weighted by atomic mass is 10.1. The Morgan fingerprint density at radius 1 is 1.38 bits per heavy atom. The van der Waals surface area contributed by atoms with E-state index in [-0.39, 0.29) is 5.82 Å². The normalized spacial score (nSPS) is 19.3. The van der Waals surface area contributed by atoms with Crippen molar-refractivity contribution in [2.24, 2.45) is 4.99 Å². The molecule has 1 atom stereocenters. The number of methoxy groups -OCH3 is 1. The van der Waals surface area contributed by atoms with Gasteiger partial charge >= 0.3 is 0 Å². The van der Waals surface area contributed by atoms with Crippen molar-refractivity contribution in [1.29, 1.82) is 0 Å². The highest BCUT2D eigenvalue weighted by Crippen LogP contribution is 2.39. The third kappa shape index (κ3) is 3.47. The van der Waals surface area contributed by atoms with E-state index < -0.39 is 0 Å². The zero-order valence-corrected chi connectivity index (χ0v) is 15.8. The summed E-state index contributed by atoms with van der Waals surface area (Å²) >= 11 is 1.71. The fourth-order valence-corrected chi connectivity index (χ4v) is 4.41. The van der Waals surface area contributed by atoms with Crippen LogP contribution in [0.1, 0.15) is 16.9 Å². The number of rotatable bonds is 3. The molecule has 3 heterocycles. The third-order valence-electron chi connectivity index (χ3n) is 4.76. The Kier molecular flexibility index (Phi) is 4.93. The van der Waals surface area contributed by atoms with Gasteiger partial charge in [0.05, 0.1) is 16.9 Å². The molecule has 26 heavy (non-hydrogen) atoms. The van der Waals surface area contributed by atoms with E-state index in [1.807, 2.05) is 0 Å². The Hall–Kier alpha value is -1.96. The number of nitrogens with one attached hydrogen (secondary N) is 2. The fraction of sp³-hybridized carbons (Fsp3) is 0.421. The number of halogens is 1. The van der Waals surface area contributed by atoms with Gasteiger partial charge in [0.1, 0.15) is 16.7 Å². The van der Waals surface area contributed by atoms with E-state index in [0.29, 0.717) is 11.7 Å². The molecule has 2 N–H and O–H groups in total. The van der Waals surface area contributed by atoms with Gasteiger partial charge < -0.3 is 20.3 Å². The molecule has 2 aliphatic rings. The van der Waals surface area contributed by atoms with Crippen molar-refractivity contribution in [3.63, 3.8) is 0 Å². The van der Waals surface area contributed by atoms with Gasteiger partial charge in [0.25, 0.3) is 0 Å². The molecule has 0 radical (unpaired) electrons. The first-order valence-electron chi connectivity index (χ1n) is 8.87. The lowest BCUT2D eigenvalue weighted by Crippen LogP contribution is -2.53. The van der Waals surface area contributed by atoms with E-state index in [9.17, 15) is 4.39 Å². The van der Waals surface area contributed by atoms with Crippen LogP contribution in [-0.2, 0) is 4.74 Å². The molecule has 138 valence electrons. The summed E-state index contributed by atoms with van der Waals surface area (Å²) < 4.78 is 19.0. The zero-order valence-electron chi connectivity index (χ0n) is 15.0. The van der Waals surface area contributed by atoms with Crippen LogP contribution in [0, 0.1) is 12.7 Å². The molecule has 1 fully saturated rings. The SMILES string of the molecule is COCC[C@H]1CN(C2=Nc3cc(F)ccc3Nc3sc(C)cc32)CCN1. The van der Waals surface area contributed by atoms with Gasteiger partial charge in [-0.1, -0.05) is 0 Å². The van der Waals surface area contributed by atoms with Gasteiger partial charge in [0.2, 0.25) is 0 Å². The number of fused-ring (bicyclic) bond motifs is 2. The average molecular weight is 374 g/mol. The Morgan fingerprint density at radius 3 is 3.12 bits per heavy atom. The van der Waals surface area contributed by atoms with Crippen LogP contribution < -0.4 is 10.6 Å². The summed E-state index contributed by atoms with van der Waals surface area (Å²) in [5, 5.41) is 8.06. The summed E-state index contributed by atoms with van der Waals surface area (Å²) in [6, 6.07) is 7.25. The lowest BCUT2D eigenvalue weighted by Gasteiger charge is -2.35. The first-order valence-corrected chi connectivity index (χ1v) is 9.69. The van der Waals surface area contributed by atoms with Crippen LogP contribution in [-0.4, -0.2) is 50.1 Å². The molecule has 0 aliphatic carbocycles. The standard InChI is InChI=1S/C19H23FN4OS/c1-12-9-15-18(24-7-6-21-14(11-24)5-8-25-2)22-17-10-13(20)3-4-16(17)23-19(15)26-12/h3-4,9-10,14,21,23H,5-8,11H2,1-2H3/t14-/m0/s1. The molecule has 5 nitrogen and oxygen atoms in total. The second-order valence-corrected chi connectivity index (χ2v) is 7.96. The van der Waals surface area contributed by atoms with Gasteiger partial charge in [-0.25, -0.2) is 9.38 Å². The first-order chi connectivity index (χ1) is 12.6. The summed E-state index contributed by atoms with van der Waals surface area (Å²) in [6.45, 7) is 5.47. The average Bonchev–Trinajstić information content (AvgIpc) is 2.93. The van der Waals surface area contributed by atoms with Crippen LogP contribution in [0.25, 0.3) is 0 Å². The van der Waals surface area contributed by atoms with Crippen molar-refractivity contribution < 1.29 is 9.13 Å². The highest BCUT2D eigenvalue weighted by molar-refractivity contribution is 7.16. The monoisotopic (exact) mass is 374 g/mol. The Labute approximate surface area is 156 Å². The summed E-state index contributed by atoms with van der Waals surface area (Å²) in [5.74, 6) is 0.651. The van der Waals surface area contributed by atoms with Crippen LogP contribution in [0.5, 0.6) is 0 Å². The van der Waals surface area contributed by atoms with Crippen molar-refractivity contribution >= 4 is 33.5 Å². The molecule has 1 saturated heterocycles. The Morgan fingerprint density at radius 2 is 2.27 bits per heavy atom. The maximum Gasteiger partial charge on any atom is 0.139 e. The van der Waals surface area contributed by atoms with Crippen LogP contribution in [0.4, 0.5) is 20.8 Å². The van der Waals surface area contributed by atoms with E-state index in [0.717, 1.165) is 54.7 Å². The number of nitrogens with zero attached hydrogens (tertiary/aromatic N) is 2. The molecule has 0 unspecified atom stereocenters. The molecule has 0 spiro atoms. The molecule has 2 aromatic rings. The van der Waals surface area contributed by atoms with Gasteiger partial charge in [-0.15, -0.1) is 11.3 Å². The van der Waals surface area contributed by atoms with Crippen molar-refractivity contribution in [3.8, 4) is 0 Å². The number of hydrogen-bond donors (Lipinski definition) is 2. The van der Waals surface area contributed by atoms with E-state index >= 15 is 0 Å². The molecule has 0 saturated carbocycles. The Bertz CT molecular complexity index is 835. The highest BCUT2D eigenvalue weighted by atomic mass is 32.1. The molecule has 4 rings (SSSR count). The number of aliphatic imine (C=N–C) groups is 1. The summed E-state index contributed by atoms with van der Waals surface area (Å²) in [6.07, 6.45) is 0.958. The molecule has 2 aliphatic heterocycles. The predicted octanol–water partition coefficient (Wildman–Crippen LogP) is 3.64. The second kappa shape index (κ2) is 7.34. The number of aryl methyl sites for hydroxylation is 1. The quantitative estimate of drug-likeness (QED) is 0.861. The van der Waals surface area contributed by atoms with E-state index in [4.69, 9.17) is 9.73 Å². The number of anilines is 2. The van der Waals surface area contributed by atoms with Gasteiger partial charge in [0.15, 0.2) is 0 Å². The number of benzene rings is 1. The highest BCUT2D eigenvalue weighted by Gasteiger charge is 2.27. The predicted molar refractivity (Wildman–Crippen MR) is 105 cm³/mol. The largest absolute Gasteiger partial charge is 0.385 e. The molecule has 1 aromatic heterocycles. The van der Waals surface area contributed by atoms with Crippen molar-refractivity contribution in [2.45, 2.75) is 19.4 Å². The van der Waals surface area contributed by atoms with E-state index in [1.165, 1.54) is 17.0 Å². The minimum Gasteiger partial charge on any atom is -0.385 e. The lowest BCUT2D eigenvalue weighted by molar-refractivity contribution is 0.168. The van der Waals surface area contributed by atoms with Crippen LogP contribution in [0.2, 0.25) is 0 Å². The van der Waals surface area contributed by atoms with Crippen molar-refractivity contribution in [1.82, 2.24) is 10.2 Å². The number of ether oxygens (including phenoxy) is 1. The van der Waals surface area contributed by atoms with Crippen LogP contribution in [0.15, 0.2) is 29.3 Å². The zero-order chi connectivity index (χ0) is 18.1. The number of amidine groups is 1. The number of hydrogen-bond acceptors (Lipinski definition) is 6. The number of piperazine rings is 1. The first kappa shape index (κ1) is 17.5. The molecule has 7 heteroatoms. The van der Waals surface area contributed by atoms with E-state index in [1.54, 1.807) is 24.5 Å². The van der Waals surface area contributed by atoms with Gasteiger partial charge in [0, 0.05) is 50.3 Å². The maximum atomic E-state index is 13.8. The van der Waals surface area contributed by atoms with Gasteiger partial charge in [-0.2, -0.15) is 0 Å². The molecular weight excluding hydrogens is 351 g/mol. The number of thiophene rings is 1. The topological polar surface area (TPSA) is 48.9 Å². The molecule has 1 aromatic carbocycles. The van der Waals surface area contributed by atoms with E-state index in [2.05, 4.69) is 28.5 Å². The summed E-state index contributed by atoms with van der Waals surface area (Å²) in [5.41, 5.74) is 2.58. The second-order valence-electron chi connectivity index (χ2n) is 6.70. The fourth-order valence-electron chi connectivity index (χ4n) is 3.49. The Balaban J connectivity index is 1.72. The van der Waals surface area contributed by atoms with Crippen molar-refractivity contribution in [2.75, 3.05) is 38.7 Å². The summed E-state index contributed by atoms with van der Waals surface area (Å²) in [7, 11) is 1.73. The summed E-state index contributed by atoms with van der Waals surface area (Å²) in [4.78, 5) is 8.42. The smallest absolute Gasteiger partial charge is 0.139 e. The minimum atomic E-state index is -0.270. The van der Waals surface area contributed by atoms with Gasteiger partial charge in [-0.05, 0) is 31.5 Å². The molecular formula is C19H23FN4OS. The van der Waals surface area contributed by atoms with Crippen LogP contribution >= 0.6 is 11.3 Å². The van der Waals surface area contributed by atoms with Gasteiger partial charge in [-0.3, -0.25) is 0 Å².